The molecule has 0 fully saturated rings. The number of pyridine rings is 2. The Labute approximate surface area is 239 Å². The fourth-order valence-electron chi connectivity index (χ4n) is 3.70. The maximum absolute atomic E-state index is 15.7. The van der Waals surface area contributed by atoms with Gasteiger partial charge in [-0.1, -0.05) is 0 Å². The average Bonchev–Trinajstić information content (AvgIpc) is 2.84. The van der Waals surface area contributed by atoms with E-state index in [1.165, 1.54) is 0 Å². The van der Waals surface area contributed by atoms with Gasteiger partial charge >= 0.3 is 17.9 Å². The SMILES string of the molecule is CC(C)(C)OC(=O)c1cc(C(F)=Cc2ccc(F)c(C3(C)N=C(N)OCC3(F)F)n2)nc(C(=O)OC(C)(C)C)c1C#N. The Hall–Kier alpha value is -4.54. The van der Waals surface area contributed by atoms with Crippen LogP contribution in [0.4, 0.5) is 17.6 Å². The molecule has 0 radical (unpaired) electrons. The van der Waals surface area contributed by atoms with Crippen LogP contribution in [-0.4, -0.2) is 51.7 Å². The molecule has 42 heavy (non-hydrogen) atoms. The summed E-state index contributed by atoms with van der Waals surface area (Å²) in [5.41, 5.74) is -2.63. The molecular weight excluding hydrogens is 562 g/mol. The largest absolute Gasteiger partial charge is 0.459 e. The van der Waals surface area contributed by atoms with Crippen molar-refractivity contribution in [3.63, 3.8) is 0 Å². The third-order valence-corrected chi connectivity index (χ3v) is 5.64. The van der Waals surface area contributed by atoms with Gasteiger partial charge in [-0.3, -0.25) is 0 Å². The molecule has 3 heterocycles. The first kappa shape index (κ1) is 32.0. The quantitative estimate of drug-likeness (QED) is 0.372. The van der Waals surface area contributed by atoms with E-state index in [0.29, 0.717) is 6.08 Å². The average molecular weight is 592 g/mol. The molecule has 2 aromatic rings. The van der Waals surface area contributed by atoms with Crippen molar-refractivity contribution in [3.05, 3.63) is 57.9 Å². The molecule has 3 rings (SSSR count). The zero-order chi connectivity index (χ0) is 31.8. The smallest absolute Gasteiger partial charge is 0.358 e. The molecule has 224 valence electrons. The number of aromatic nitrogens is 2. The Morgan fingerprint density at radius 1 is 1.10 bits per heavy atom. The fourth-order valence-corrected chi connectivity index (χ4v) is 3.70. The molecule has 0 aromatic carbocycles. The summed E-state index contributed by atoms with van der Waals surface area (Å²) in [6.07, 6.45) is 0.711. The number of nitrogens with two attached hydrogens (primary N) is 1. The van der Waals surface area contributed by atoms with Crippen LogP contribution in [0.1, 0.15) is 92.0 Å². The van der Waals surface area contributed by atoms with Crippen LogP contribution in [0.2, 0.25) is 0 Å². The summed E-state index contributed by atoms with van der Waals surface area (Å²) in [6, 6.07) is 3.78. The first-order chi connectivity index (χ1) is 19.2. The van der Waals surface area contributed by atoms with Crippen LogP contribution in [0.3, 0.4) is 0 Å². The van der Waals surface area contributed by atoms with Gasteiger partial charge in [0.25, 0.3) is 6.02 Å². The third-order valence-electron chi connectivity index (χ3n) is 5.64. The summed E-state index contributed by atoms with van der Waals surface area (Å²) < 4.78 is 75.2. The summed E-state index contributed by atoms with van der Waals surface area (Å²) in [7, 11) is 0. The van der Waals surface area contributed by atoms with Gasteiger partial charge in [0.15, 0.2) is 23.7 Å². The van der Waals surface area contributed by atoms with Gasteiger partial charge in [-0.15, -0.1) is 0 Å². The molecule has 0 spiro atoms. The molecule has 0 saturated heterocycles. The summed E-state index contributed by atoms with van der Waals surface area (Å²) in [4.78, 5) is 37.2. The van der Waals surface area contributed by atoms with Crippen molar-refractivity contribution in [1.29, 1.82) is 5.26 Å². The standard InChI is InChI=1S/C28H29F4N5O5/c1-25(2,3)41-22(38)15-11-19(36-20(16(15)12-33)23(39)42-26(4,5)6)18(30)10-14-8-9-17(29)21(35-14)27(7)28(31,32)13-40-24(34)37-27/h8-11H,13H2,1-7H3,(H2,34,37). The minimum Gasteiger partial charge on any atom is -0.459 e. The van der Waals surface area contributed by atoms with Crippen LogP contribution in [0, 0.1) is 17.1 Å². The Bertz CT molecular complexity index is 1490. The van der Waals surface area contributed by atoms with Crippen LogP contribution in [0.5, 0.6) is 0 Å². The number of nitriles is 1. The lowest BCUT2D eigenvalue weighted by Gasteiger charge is -2.36. The number of amidine groups is 1. The molecule has 0 amide bonds. The number of aliphatic imine (C=N–C) groups is 1. The second kappa shape index (κ2) is 11.0. The lowest BCUT2D eigenvalue weighted by Crippen LogP contribution is -2.51. The van der Waals surface area contributed by atoms with Crippen molar-refractivity contribution < 1.29 is 41.4 Å². The highest BCUT2D eigenvalue weighted by Crippen LogP contribution is 2.43. The van der Waals surface area contributed by atoms with Gasteiger partial charge in [-0.25, -0.2) is 33.3 Å². The number of hydrogen-bond acceptors (Lipinski definition) is 10. The van der Waals surface area contributed by atoms with Crippen LogP contribution >= 0.6 is 0 Å². The van der Waals surface area contributed by atoms with Crippen molar-refractivity contribution >= 4 is 29.9 Å². The molecule has 0 aliphatic carbocycles. The van der Waals surface area contributed by atoms with Crippen LogP contribution in [0.15, 0.2) is 23.2 Å². The van der Waals surface area contributed by atoms with E-state index in [0.717, 1.165) is 25.1 Å². The minimum absolute atomic E-state index is 0.343. The van der Waals surface area contributed by atoms with Gasteiger partial charge in [0, 0.05) is 6.08 Å². The monoisotopic (exact) mass is 591 g/mol. The van der Waals surface area contributed by atoms with Crippen molar-refractivity contribution in [2.24, 2.45) is 10.7 Å². The third kappa shape index (κ3) is 6.84. The highest BCUT2D eigenvalue weighted by atomic mass is 19.3. The Morgan fingerprint density at radius 3 is 2.26 bits per heavy atom. The van der Waals surface area contributed by atoms with E-state index < -0.39 is 87.1 Å². The minimum atomic E-state index is -3.73. The van der Waals surface area contributed by atoms with Crippen molar-refractivity contribution in [1.82, 2.24) is 9.97 Å². The van der Waals surface area contributed by atoms with Gasteiger partial charge < -0.3 is 19.9 Å². The van der Waals surface area contributed by atoms with E-state index in [1.54, 1.807) is 47.6 Å². The number of alkyl halides is 2. The first-order valence-electron chi connectivity index (χ1n) is 12.5. The number of halogens is 4. The number of carbonyl (C=O) groups excluding carboxylic acids is 2. The van der Waals surface area contributed by atoms with E-state index in [4.69, 9.17) is 15.2 Å². The Kier molecular flexibility index (Phi) is 8.40. The molecule has 14 heteroatoms. The summed E-state index contributed by atoms with van der Waals surface area (Å²) in [6.45, 7) is 9.05. The van der Waals surface area contributed by atoms with Crippen LogP contribution in [-0.2, 0) is 19.7 Å². The van der Waals surface area contributed by atoms with Gasteiger partial charge in [0.05, 0.1) is 16.8 Å². The van der Waals surface area contributed by atoms with E-state index in [-0.39, 0.29) is 5.69 Å². The molecular formula is C28H29F4N5O5. The lowest BCUT2D eigenvalue weighted by molar-refractivity contribution is -0.118. The zero-order valence-corrected chi connectivity index (χ0v) is 23.9. The first-order valence-corrected chi connectivity index (χ1v) is 12.5. The number of ether oxygens (including phenoxy) is 3. The number of hydrogen-bond donors (Lipinski definition) is 1. The second-order valence-electron chi connectivity index (χ2n) is 11.5. The molecule has 2 aromatic heterocycles. The molecule has 1 aliphatic rings. The van der Waals surface area contributed by atoms with Crippen LogP contribution in [0.25, 0.3) is 11.9 Å². The lowest BCUT2D eigenvalue weighted by atomic mass is 9.89. The molecule has 2 N–H and O–H groups in total. The Morgan fingerprint density at radius 2 is 1.69 bits per heavy atom. The molecule has 0 bridgehead atoms. The number of rotatable bonds is 5. The Balaban J connectivity index is 2.20. The second-order valence-corrected chi connectivity index (χ2v) is 11.5. The number of carbonyl (C=O) groups is 2. The molecule has 1 unspecified atom stereocenters. The fraction of sp³-hybridized carbons (Fsp3) is 0.429. The molecule has 0 saturated carbocycles. The molecule has 1 aliphatic heterocycles. The predicted molar refractivity (Wildman–Crippen MR) is 142 cm³/mol. The van der Waals surface area contributed by atoms with Gasteiger partial charge in [-0.05, 0) is 66.7 Å². The summed E-state index contributed by atoms with van der Waals surface area (Å²) in [5, 5.41) is 9.77. The summed E-state index contributed by atoms with van der Waals surface area (Å²) >= 11 is 0. The van der Waals surface area contributed by atoms with E-state index in [9.17, 15) is 28.0 Å². The van der Waals surface area contributed by atoms with Gasteiger partial charge in [0.2, 0.25) is 0 Å². The number of esters is 2. The zero-order valence-electron chi connectivity index (χ0n) is 23.9. The van der Waals surface area contributed by atoms with Gasteiger partial charge in [-0.2, -0.15) is 14.0 Å². The van der Waals surface area contributed by atoms with Crippen LogP contribution < -0.4 is 5.73 Å². The van der Waals surface area contributed by atoms with E-state index in [1.807, 2.05) is 0 Å². The normalized spacial score (nSPS) is 18.8. The number of nitrogens with zero attached hydrogens (tertiary/aromatic N) is 4. The summed E-state index contributed by atoms with van der Waals surface area (Å²) in [5.74, 6) is -8.28. The van der Waals surface area contributed by atoms with Gasteiger partial charge in [0.1, 0.15) is 34.5 Å². The topological polar surface area (TPSA) is 150 Å². The predicted octanol–water partition coefficient (Wildman–Crippen LogP) is 5.06. The highest BCUT2D eigenvalue weighted by molar-refractivity contribution is 5.99. The maximum atomic E-state index is 15.7. The highest BCUT2D eigenvalue weighted by Gasteiger charge is 2.57. The van der Waals surface area contributed by atoms with E-state index >= 15 is 4.39 Å². The molecule has 1 atom stereocenters. The van der Waals surface area contributed by atoms with Crippen molar-refractivity contribution in [3.8, 4) is 6.07 Å². The van der Waals surface area contributed by atoms with Crippen molar-refractivity contribution in [2.75, 3.05) is 6.61 Å². The maximum Gasteiger partial charge on any atom is 0.358 e. The van der Waals surface area contributed by atoms with Crippen molar-refractivity contribution in [2.45, 2.75) is 71.1 Å². The molecule has 10 nitrogen and oxygen atoms in total. The van der Waals surface area contributed by atoms with E-state index in [2.05, 4.69) is 19.7 Å².